The maximum Gasteiger partial charge on any atom is 0.306 e. The van der Waals surface area contributed by atoms with Crippen molar-refractivity contribution in [2.75, 3.05) is 40.9 Å². The third-order valence-corrected chi connectivity index (χ3v) is 20.0. The van der Waals surface area contributed by atoms with E-state index < -0.39 is 20.0 Å². The first kappa shape index (κ1) is 91.2. The number of hydrogen-bond donors (Lipinski definition) is 1. The number of phosphoric ester groups is 1. The van der Waals surface area contributed by atoms with E-state index in [1.54, 1.807) is 0 Å². The molecule has 3 unspecified atom stereocenters. The van der Waals surface area contributed by atoms with Gasteiger partial charge in [-0.25, -0.2) is 0 Å². The van der Waals surface area contributed by atoms with Gasteiger partial charge in [0.2, 0.25) is 5.91 Å². The highest BCUT2D eigenvalue weighted by molar-refractivity contribution is 7.45. The normalized spacial score (nSPS) is 13.5. The van der Waals surface area contributed by atoms with Crippen LogP contribution >= 0.6 is 7.82 Å². The van der Waals surface area contributed by atoms with Gasteiger partial charge < -0.3 is 28.5 Å². The first-order chi connectivity index (χ1) is 45.4. The Labute approximate surface area is 580 Å². The Balaban J connectivity index is 4.88. The summed E-state index contributed by atoms with van der Waals surface area (Å²) in [5, 5.41) is 3.07. The van der Waals surface area contributed by atoms with Crippen LogP contribution in [-0.2, 0) is 27.9 Å². The van der Waals surface area contributed by atoms with Gasteiger partial charge in [-0.1, -0.05) is 391 Å². The molecule has 3 atom stereocenters. The summed E-state index contributed by atoms with van der Waals surface area (Å²) in [5.74, 6) is -0.512. The number of ether oxygens (including phenoxy) is 1. The van der Waals surface area contributed by atoms with Crippen molar-refractivity contribution in [3.8, 4) is 0 Å². The maximum atomic E-state index is 13.7. The minimum atomic E-state index is -4.71. The van der Waals surface area contributed by atoms with Gasteiger partial charge in [-0.05, 0) is 63.9 Å². The van der Waals surface area contributed by atoms with Gasteiger partial charge in [0.05, 0.1) is 33.8 Å². The zero-order valence-electron chi connectivity index (χ0n) is 63.2. The van der Waals surface area contributed by atoms with Gasteiger partial charge >= 0.3 is 5.97 Å². The van der Waals surface area contributed by atoms with E-state index >= 15 is 0 Å². The van der Waals surface area contributed by atoms with Crippen LogP contribution in [0.25, 0.3) is 0 Å². The van der Waals surface area contributed by atoms with E-state index in [9.17, 15) is 19.0 Å². The minimum absolute atomic E-state index is 0.0181. The molecule has 550 valence electrons. The van der Waals surface area contributed by atoms with Crippen LogP contribution in [0, 0.1) is 0 Å². The second-order valence-electron chi connectivity index (χ2n) is 29.6. The number of nitrogens with one attached hydrogen (secondary N) is 1. The van der Waals surface area contributed by atoms with Crippen LogP contribution in [0.1, 0.15) is 432 Å². The molecule has 0 aliphatic rings. The summed E-state index contributed by atoms with van der Waals surface area (Å²) in [6.45, 7) is 6.91. The number of carbonyl (C=O) groups is 2. The van der Waals surface area contributed by atoms with Crippen LogP contribution < -0.4 is 10.2 Å². The lowest BCUT2D eigenvalue weighted by Crippen LogP contribution is -2.47. The van der Waals surface area contributed by atoms with Crippen molar-refractivity contribution in [1.82, 2.24) is 5.32 Å². The van der Waals surface area contributed by atoms with Crippen LogP contribution in [0.3, 0.4) is 0 Å². The predicted octanol–water partition coefficient (Wildman–Crippen LogP) is 26.3. The molecule has 0 saturated heterocycles. The summed E-state index contributed by atoms with van der Waals surface area (Å²) in [7, 11) is 1.21. The zero-order valence-corrected chi connectivity index (χ0v) is 64.1. The summed E-state index contributed by atoms with van der Waals surface area (Å²) in [4.78, 5) is 40.4. The van der Waals surface area contributed by atoms with Crippen molar-refractivity contribution in [3.05, 3.63) is 36.5 Å². The van der Waals surface area contributed by atoms with Crippen molar-refractivity contribution in [1.29, 1.82) is 0 Å². The quantitative estimate of drug-likeness (QED) is 0.0212. The van der Waals surface area contributed by atoms with Gasteiger partial charge in [0.15, 0.2) is 0 Å². The fourth-order valence-electron chi connectivity index (χ4n) is 12.7. The molecule has 0 radical (unpaired) electrons. The van der Waals surface area contributed by atoms with Crippen molar-refractivity contribution in [3.63, 3.8) is 0 Å². The maximum absolute atomic E-state index is 13.7. The first-order valence-corrected chi connectivity index (χ1v) is 42.8. The number of hydrogen-bond acceptors (Lipinski definition) is 7. The largest absolute Gasteiger partial charge is 0.756 e. The molecule has 0 aromatic rings. The molecule has 0 spiro atoms. The van der Waals surface area contributed by atoms with Gasteiger partial charge in [-0.3, -0.25) is 14.2 Å². The molecule has 0 saturated carbocycles. The van der Waals surface area contributed by atoms with E-state index in [0.29, 0.717) is 17.4 Å². The van der Waals surface area contributed by atoms with Gasteiger partial charge in [0.1, 0.15) is 19.3 Å². The van der Waals surface area contributed by atoms with Crippen LogP contribution in [0.15, 0.2) is 36.5 Å². The number of nitrogens with zero attached hydrogens (tertiary/aromatic N) is 1. The number of likely N-dealkylation sites (N-methyl/N-ethyl adjacent to an activating group) is 1. The molecular formula is C83H161N2O7P. The fourth-order valence-corrected chi connectivity index (χ4v) is 13.5. The highest BCUT2D eigenvalue weighted by Crippen LogP contribution is 2.38. The average Bonchev–Trinajstić information content (AvgIpc) is 2.15. The standard InChI is InChI=1S/C83H161N2O7P/c1-7-10-13-16-19-22-25-28-30-32-34-36-38-40-42-44-46-48-50-52-54-57-60-63-66-69-72-75-82(86)84-80(79-91-93(88,89)90-78-77-85(4,5)6)81(74-71-68-65-62-59-56-27-24-21-18-15-12-9-3)92-83(87)76-73-70-67-64-61-58-55-53-51-49-47-45-43-41-39-37-35-33-31-29-26-23-20-17-14-11-8-2/h20,23,29,31,71,74,80-81H,7-19,21-22,24-28,30,32-70,72-73,75-79H2,1-6H3,(H-,84,86,88,89)/b23-20-,31-29-,74-71+. The van der Waals surface area contributed by atoms with Crippen LogP contribution in [0.4, 0.5) is 0 Å². The van der Waals surface area contributed by atoms with Gasteiger partial charge in [-0.2, -0.15) is 0 Å². The Hall–Kier alpha value is -1.77. The van der Waals surface area contributed by atoms with E-state index in [0.717, 1.165) is 64.2 Å². The molecule has 0 rings (SSSR count). The Morgan fingerprint density at radius 2 is 0.656 bits per heavy atom. The van der Waals surface area contributed by atoms with Crippen molar-refractivity contribution >= 4 is 19.7 Å². The zero-order chi connectivity index (χ0) is 67.8. The lowest BCUT2D eigenvalue weighted by molar-refractivity contribution is -0.870. The molecule has 1 N–H and O–H groups in total. The van der Waals surface area contributed by atoms with E-state index in [2.05, 4.69) is 50.4 Å². The summed E-state index contributed by atoms with van der Waals surface area (Å²) < 4.78 is 30.6. The molecule has 1 amide bonds. The third kappa shape index (κ3) is 74.3. The van der Waals surface area contributed by atoms with E-state index in [1.165, 1.54) is 334 Å². The number of phosphoric acid groups is 1. The number of quaternary nitrogens is 1. The molecule has 0 aliphatic heterocycles. The molecule has 0 aromatic heterocycles. The van der Waals surface area contributed by atoms with Crippen molar-refractivity contribution in [2.24, 2.45) is 0 Å². The van der Waals surface area contributed by atoms with Crippen molar-refractivity contribution < 1.29 is 37.3 Å². The van der Waals surface area contributed by atoms with Crippen LogP contribution in [0.5, 0.6) is 0 Å². The molecule has 9 nitrogen and oxygen atoms in total. The lowest BCUT2D eigenvalue weighted by atomic mass is 10.0. The number of esters is 1. The van der Waals surface area contributed by atoms with E-state index in [-0.39, 0.29) is 31.5 Å². The molecule has 0 bridgehead atoms. The molecule has 0 aliphatic carbocycles. The summed E-state index contributed by atoms with van der Waals surface area (Å²) >= 11 is 0. The number of carbonyl (C=O) groups excluding carboxylic acids is 2. The first-order valence-electron chi connectivity index (χ1n) is 41.3. The molecule has 0 heterocycles. The highest BCUT2D eigenvalue weighted by Gasteiger charge is 2.27. The van der Waals surface area contributed by atoms with E-state index in [4.69, 9.17) is 13.8 Å². The Morgan fingerprint density at radius 1 is 0.376 bits per heavy atom. The SMILES string of the molecule is CCCCC/C=C\C/C=C\CCCCCCCCCCCCCCCCCCCC(=O)OC(/C=C/CCCCCCCCCCCCC)C(COP(=O)([O-])OCC[N+](C)(C)C)NC(=O)CCCCCCCCCCCCCCCCCCCCCCCCCCCCC. The fraction of sp³-hybridized carbons (Fsp3) is 0.904. The number of rotatable bonds is 77. The monoisotopic (exact) mass is 1330 g/mol. The summed E-state index contributed by atoms with van der Waals surface area (Å²) in [5.41, 5.74) is 0. The molecule has 93 heavy (non-hydrogen) atoms. The van der Waals surface area contributed by atoms with Crippen molar-refractivity contribution in [2.45, 2.75) is 444 Å². The topological polar surface area (TPSA) is 114 Å². The number of unbranched alkanes of at least 4 members (excludes halogenated alkanes) is 57. The smallest absolute Gasteiger partial charge is 0.306 e. The summed E-state index contributed by atoms with van der Waals surface area (Å²) in [6.07, 6.45) is 93.0. The average molecular weight is 1330 g/mol. The minimum Gasteiger partial charge on any atom is -0.756 e. The molecular weight excluding hydrogens is 1170 g/mol. The van der Waals surface area contributed by atoms with Gasteiger partial charge in [0, 0.05) is 12.8 Å². The third-order valence-electron chi connectivity index (χ3n) is 19.1. The summed E-state index contributed by atoms with van der Waals surface area (Å²) in [6, 6.07) is -0.885. The Bertz CT molecular complexity index is 1680. The highest BCUT2D eigenvalue weighted by atomic mass is 31.2. The molecule has 0 aromatic carbocycles. The second-order valence-corrected chi connectivity index (χ2v) is 31.0. The van der Waals surface area contributed by atoms with E-state index in [1.807, 2.05) is 33.3 Å². The number of allylic oxidation sites excluding steroid dienone is 5. The van der Waals surface area contributed by atoms with Crippen LogP contribution in [0.2, 0.25) is 0 Å². The lowest BCUT2D eigenvalue weighted by Gasteiger charge is -2.30. The van der Waals surface area contributed by atoms with Crippen LogP contribution in [-0.4, -0.2) is 69.4 Å². The Kier molecular flexibility index (Phi) is 71.6. The Morgan fingerprint density at radius 3 is 0.989 bits per heavy atom. The number of amides is 1. The molecule has 10 heteroatoms. The van der Waals surface area contributed by atoms with Gasteiger partial charge in [-0.15, -0.1) is 0 Å². The predicted molar refractivity (Wildman–Crippen MR) is 404 cm³/mol. The van der Waals surface area contributed by atoms with Gasteiger partial charge in [0.25, 0.3) is 7.82 Å². The second kappa shape index (κ2) is 73.0. The molecule has 0 fully saturated rings.